The summed E-state index contributed by atoms with van der Waals surface area (Å²) in [5.41, 5.74) is 6.25. The highest BCUT2D eigenvalue weighted by atomic mass is 19.1. The van der Waals surface area contributed by atoms with Gasteiger partial charge < -0.3 is 19.1 Å². The summed E-state index contributed by atoms with van der Waals surface area (Å²) in [6, 6.07) is 9.43. The predicted molar refractivity (Wildman–Crippen MR) is 145 cm³/mol. The molecule has 0 saturated heterocycles. The molecule has 0 bridgehead atoms. The summed E-state index contributed by atoms with van der Waals surface area (Å²) in [5.74, 6) is 0.729. The van der Waals surface area contributed by atoms with Crippen LogP contribution in [0.4, 0.5) is 4.39 Å². The van der Waals surface area contributed by atoms with Crippen molar-refractivity contribution in [3.05, 3.63) is 88.6 Å². The van der Waals surface area contributed by atoms with E-state index in [9.17, 15) is 4.79 Å². The van der Waals surface area contributed by atoms with Crippen LogP contribution in [0.15, 0.2) is 65.0 Å². The fraction of sp³-hybridized carbons (Fsp3) is 0.323. The van der Waals surface area contributed by atoms with Crippen LogP contribution in [0.5, 0.6) is 11.5 Å². The van der Waals surface area contributed by atoms with E-state index < -0.39 is 17.9 Å². The maximum Gasteiger partial charge on any atom is 0.304 e. The maximum atomic E-state index is 15.3. The lowest BCUT2D eigenvalue weighted by molar-refractivity contribution is -0.137. The standard InChI is InChI=1S/C31H31FN2O5/c1-17-12-22(31-33-20(4)39-34-31)13-18(2)30(17)21-6-5-7-27(19(3)26(32)11-8-21)38-24-9-10-25-23(14-29(35)36)16-37-28(25)15-24/h8-13,15,23,27H,3,5-7,14,16H2,1-2,4H3,(H,35,36)/b21-8+,26-11+/t23-,27-/m1/s1. The van der Waals surface area contributed by atoms with Crippen molar-refractivity contribution in [3.63, 3.8) is 0 Å². The second-order valence-corrected chi connectivity index (χ2v) is 10.2. The topological polar surface area (TPSA) is 94.7 Å². The molecule has 0 saturated carbocycles. The molecule has 1 aliphatic heterocycles. The zero-order chi connectivity index (χ0) is 27.7. The number of nitrogens with zero attached hydrogens (tertiary/aromatic N) is 2. The van der Waals surface area contributed by atoms with Crippen molar-refractivity contribution in [2.24, 2.45) is 0 Å². The van der Waals surface area contributed by atoms with Gasteiger partial charge in [0.05, 0.1) is 13.0 Å². The highest BCUT2D eigenvalue weighted by Crippen LogP contribution is 2.39. The van der Waals surface area contributed by atoms with E-state index in [-0.39, 0.29) is 17.9 Å². The van der Waals surface area contributed by atoms with Gasteiger partial charge in [0.2, 0.25) is 11.7 Å². The number of hydrogen-bond acceptors (Lipinski definition) is 6. The third-order valence-electron chi connectivity index (χ3n) is 7.24. The van der Waals surface area contributed by atoms with E-state index in [1.165, 1.54) is 6.08 Å². The second kappa shape index (κ2) is 10.9. The van der Waals surface area contributed by atoms with Gasteiger partial charge in [-0.1, -0.05) is 23.9 Å². The summed E-state index contributed by atoms with van der Waals surface area (Å²) < 4.78 is 32.3. The van der Waals surface area contributed by atoms with Gasteiger partial charge in [0, 0.05) is 35.6 Å². The summed E-state index contributed by atoms with van der Waals surface area (Å²) in [5, 5.41) is 13.2. The summed E-state index contributed by atoms with van der Waals surface area (Å²) in [7, 11) is 0. The van der Waals surface area contributed by atoms with Crippen LogP contribution in [0.25, 0.3) is 17.0 Å². The minimum absolute atomic E-state index is 0.0103. The molecule has 1 aliphatic carbocycles. The van der Waals surface area contributed by atoms with Gasteiger partial charge in [0.15, 0.2) is 0 Å². The molecule has 39 heavy (non-hydrogen) atoms. The number of ether oxygens (including phenoxy) is 2. The van der Waals surface area contributed by atoms with Gasteiger partial charge in [-0.25, -0.2) is 4.39 Å². The number of hydrogen-bond donors (Lipinski definition) is 1. The molecular weight excluding hydrogens is 499 g/mol. The van der Waals surface area contributed by atoms with Crippen LogP contribution in [0, 0.1) is 20.8 Å². The molecule has 2 heterocycles. The van der Waals surface area contributed by atoms with Gasteiger partial charge in [0.1, 0.15) is 23.4 Å². The van der Waals surface area contributed by atoms with E-state index in [0.29, 0.717) is 36.2 Å². The Balaban J connectivity index is 1.33. The van der Waals surface area contributed by atoms with Crippen molar-refractivity contribution in [2.45, 2.75) is 58.5 Å². The zero-order valence-electron chi connectivity index (χ0n) is 22.3. The highest BCUT2D eigenvalue weighted by molar-refractivity contribution is 5.75. The van der Waals surface area contributed by atoms with E-state index in [4.69, 9.17) is 19.1 Å². The van der Waals surface area contributed by atoms with Crippen molar-refractivity contribution in [3.8, 4) is 22.9 Å². The normalized spacial score (nSPS) is 21.9. The summed E-state index contributed by atoms with van der Waals surface area (Å²) in [4.78, 5) is 15.5. The Bertz CT molecular complexity index is 1480. The number of fused-ring (bicyclic) bond motifs is 1. The number of aryl methyl sites for hydroxylation is 3. The fourth-order valence-electron chi connectivity index (χ4n) is 5.40. The SMILES string of the molecule is C=C1/C(F)=C\C=C(\c2c(C)cc(-c3noc(C)n3)cc2C)CCC[C@H]1Oc1ccc2c(c1)OC[C@H]2CC(=O)O. The number of aromatic nitrogens is 2. The Kier molecular flexibility index (Phi) is 7.37. The van der Waals surface area contributed by atoms with E-state index in [0.717, 1.165) is 46.2 Å². The third kappa shape index (κ3) is 5.65. The molecule has 8 heteroatoms. The van der Waals surface area contributed by atoms with Crippen LogP contribution in [0.1, 0.15) is 59.7 Å². The molecule has 1 aromatic heterocycles. The van der Waals surface area contributed by atoms with Crippen molar-refractivity contribution in [1.82, 2.24) is 10.1 Å². The minimum atomic E-state index is -0.864. The van der Waals surface area contributed by atoms with Gasteiger partial charge >= 0.3 is 5.97 Å². The van der Waals surface area contributed by atoms with Crippen LogP contribution in [-0.2, 0) is 4.79 Å². The van der Waals surface area contributed by atoms with Crippen molar-refractivity contribution in [2.75, 3.05) is 6.61 Å². The monoisotopic (exact) mass is 530 g/mol. The predicted octanol–water partition coefficient (Wildman–Crippen LogP) is 7.04. The van der Waals surface area contributed by atoms with Gasteiger partial charge in [-0.05, 0) is 79.6 Å². The number of carboxylic acids is 1. The molecule has 2 atom stereocenters. The molecule has 2 aliphatic rings. The molecule has 0 spiro atoms. The van der Waals surface area contributed by atoms with E-state index in [2.05, 4.69) is 16.7 Å². The van der Waals surface area contributed by atoms with Crippen LogP contribution in [0.2, 0.25) is 0 Å². The fourth-order valence-corrected chi connectivity index (χ4v) is 5.40. The molecule has 0 unspecified atom stereocenters. The lowest BCUT2D eigenvalue weighted by Crippen LogP contribution is -2.19. The van der Waals surface area contributed by atoms with Gasteiger partial charge in [-0.15, -0.1) is 0 Å². The summed E-state index contributed by atoms with van der Waals surface area (Å²) >= 11 is 0. The Labute approximate surface area is 226 Å². The largest absolute Gasteiger partial charge is 0.492 e. The average Bonchev–Trinajstić information content (AvgIpc) is 3.51. The Morgan fingerprint density at radius 3 is 2.64 bits per heavy atom. The van der Waals surface area contributed by atoms with Crippen LogP contribution in [0.3, 0.4) is 0 Å². The lowest BCUT2D eigenvalue weighted by atomic mass is 9.90. The molecule has 202 valence electrons. The van der Waals surface area contributed by atoms with Crippen molar-refractivity contribution < 1.29 is 28.3 Å². The summed E-state index contributed by atoms with van der Waals surface area (Å²) in [6.45, 7) is 10.1. The van der Waals surface area contributed by atoms with Gasteiger partial charge in [-0.2, -0.15) is 4.98 Å². The number of carbonyl (C=O) groups is 1. The lowest BCUT2D eigenvalue weighted by Gasteiger charge is -2.21. The number of benzene rings is 2. The number of rotatable bonds is 6. The molecule has 5 rings (SSSR count). The number of halogens is 1. The average molecular weight is 531 g/mol. The van der Waals surface area contributed by atoms with Gasteiger partial charge in [0.25, 0.3) is 0 Å². The van der Waals surface area contributed by atoms with E-state index in [1.807, 2.05) is 38.1 Å². The molecule has 2 aromatic carbocycles. The molecule has 0 radical (unpaired) electrons. The number of aliphatic carboxylic acids is 1. The number of allylic oxidation sites excluding steroid dienone is 3. The van der Waals surface area contributed by atoms with E-state index in [1.54, 1.807) is 19.1 Å². The first-order valence-electron chi connectivity index (χ1n) is 13.0. The first kappa shape index (κ1) is 26.4. The quantitative estimate of drug-likeness (QED) is 0.365. The summed E-state index contributed by atoms with van der Waals surface area (Å²) in [6.07, 6.45) is 4.85. The van der Waals surface area contributed by atoms with Crippen LogP contribution >= 0.6 is 0 Å². The van der Waals surface area contributed by atoms with Crippen molar-refractivity contribution in [1.29, 1.82) is 0 Å². The second-order valence-electron chi connectivity index (χ2n) is 10.2. The maximum absolute atomic E-state index is 15.3. The molecule has 7 nitrogen and oxygen atoms in total. The zero-order valence-corrected chi connectivity index (χ0v) is 22.3. The Hall–Kier alpha value is -4.20. The molecule has 0 amide bonds. The third-order valence-corrected chi connectivity index (χ3v) is 7.24. The minimum Gasteiger partial charge on any atom is -0.492 e. The van der Waals surface area contributed by atoms with Crippen LogP contribution in [-0.4, -0.2) is 33.9 Å². The molecule has 0 fully saturated rings. The first-order chi connectivity index (χ1) is 18.7. The molecule has 1 N–H and O–H groups in total. The van der Waals surface area contributed by atoms with Crippen molar-refractivity contribution >= 4 is 11.5 Å². The van der Waals surface area contributed by atoms with Gasteiger partial charge in [-0.3, -0.25) is 4.79 Å². The molecular formula is C31H31FN2O5. The number of carboxylic acid groups (broad SMARTS) is 1. The highest BCUT2D eigenvalue weighted by Gasteiger charge is 2.28. The molecule has 3 aromatic rings. The smallest absolute Gasteiger partial charge is 0.304 e. The first-order valence-corrected chi connectivity index (χ1v) is 13.0. The van der Waals surface area contributed by atoms with Crippen LogP contribution < -0.4 is 9.47 Å². The van der Waals surface area contributed by atoms with E-state index >= 15 is 4.39 Å². The Morgan fingerprint density at radius 2 is 1.95 bits per heavy atom. The Morgan fingerprint density at radius 1 is 1.18 bits per heavy atom.